The van der Waals surface area contributed by atoms with Crippen LogP contribution in [0.3, 0.4) is 0 Å². The average Bonchev–Trinajstić information content (AvgIpc) is 3.26. The molecule has 148 valence electrons. The van der Waals surface area contributed by atoms with Gasteiger partial charge in [0.05, 0.1) is 12.0 Å². The average molecular weight is 404 g/mol. The first-order valence-corrected chi connectivity index (χ1v) is 10.5. The fourth-order valence-electron chi connectivity index (χ4n) is 3.21. The summed E-state index contributed by atoms with van der Waals surface area (Å²) in [5, 5.41) is 13.9. The summed E-state index contributed by atoms with van der Waals surface area (Å²) in [5.41, 5.74) is 11.6. The second kappa shape index (κ2) is 9.31. The van der Waals surface area contributed by atoms with Gasteiger partial charge in [0, 0.05) is 28.1 Å². The molecule has 0 spiro atoms. The molecule has 3 rings (SSSR count). The number of nitrogen functional groups attached to an aromatic ring is 1. The van der Waals surface area contributed by atoms with Gasteiger partial charge < -0.3 is 15.5 Å². The van der Waals surface area contributed by atoms with Crippen LogP contribution in [-0.2, 0) is 12.8 Å². The Morgan fingerprint density at radius 3 is 2.76 bits per heavy atom. The molecule has 0 aliphatic heterocycles. The number of nitrogens with zero attached hydrogens (tertiary/aromatic N) is 1. The Hall–Kier alpha value is -3.23. The van der Waals surface area contributed by atoms with Gasteiger partial charge in [-0.05, 0) is 30.5 Å². The van der Waals surface area contributed by atoms with E-state index in [4.69, 9.17) is 10.2 Å². The number of allylic oxidation sites excluding steroid dienone is 1. The Labute approximate surface area is 176 Å². The van der Waals surface area contributed by atoms with Crippen LogP contribution in [0.5, 0.6) is 0 Å². The zero-order chi connectivity index (χ0) is 20.8. The van der Waals surface area contributed by atoms with E-state index in [-0.39, 0.29) is 0 Å². The SMILES string of the molecule is C=Cc1occ(Cc2sc(Nc3ccccc3CC)c(C#N)c2N)c1/C=C\CC. The maximum Gasteiger partial charge on any atom is 0.133 e. The molecule has 0 radical (unpaired) electrons. The van der Waals surface area contributed by atoms with E-state index < -0.39 is 0 Å². The van der Waals surface area contributed by atoms with Crippen LogP contribution in [0.15, 0.2) is 47.6 Å². The van der Waals surface area contributed by atoms with Gasteiger partial charge in [-0.2, -0.15) is 5.26 Å². The van der Waals surface area contributed by atoms with Gasteiger partial charge in [0.1, 0.15) is 22.4 Å². The fraction of sp³-hybridized carbons (Fsp3) is 0.208. The van der Waals surface area contributed by atoms with Gasteiger partial charge in [-0.3, -0.25) is 0 Å². The number of nitriles is 1. The van der Waals surface area contributed by atoms with Crippen molar-refractivity contribution >= 4 is 39.9 Å². The van der Waals surface area contributed by atoms with Crippen molar-refractivity contribution in [1.29, 1.82) is 5.26 Å². The number of anilines is 3. The van der Waals surface area contributed by atoms with Crippen molar-refractivity contribution in [3.63, 3.8) is 0 Å². The van der Waals surface area contributed by atoms with Crippen LogP contribution in [0, 0.1) is 11.3 Å². The number of nitrogens with two attached hydrogens (primary N) is 1. The lowest BCUT2D eigenvalue weighted by atomic mass is 10.0. The molecule has 2 heterocycles. The normalized spacial score (nSPS) is 10.9. The third-order valence-corrected chi connectivity index (χ3v) is 5.90. The van der Waals surface area contributed by atoms with Crippen LogP contribution in [0.1, 0.15) is 53.2 Å². The molecule has 2 aromatic heterocycles. The predicted octanol–water partition coefficient (Wildman–Crippen LogP) is 6.76. The topological polar surface area (TPSA) is 75.0 Å². The quantitative estimate of drug-likeness (QED) is 0.436. The lowest BCUT2D eigenvalue weighted by Gasteiger charge is -2.09. The largest absolute Gasteiger partial charge is 0.464 e. The van der Waals surface area contributed by atoms with Crippen LogP contribution in [0.4, 0.5) is 16.4 Å². The minimum absolute atomic E-state index is 0.494. The summed E-state index contributed by atoms with van der Waals surface area (Å²) in [5.74, 6) is 0.746. The standard InChI is InChI=1S/C24H25N3OS/c1-4-7-11-18-17(15-28-21(18)6-3)13-22-23(26)19(14-25)24(29-22)27-20-12-9-8-10-16(20)5-2/h6-12,15,27H,3-5,13,26H2,1-2H3/b11-7-. The first kappa shape index (κ1) is 20.5. The fourth-order valence-corrected chi connectivity index (χ4v) is 4.31. The monoisotopic (exact) mass is 403 g/mol. The maximum absolute atomic E-state index is 9.69. The third kappa shape index (κ3) is 4.28. The van der Waals surface area contributed by atoms with Crippen LogP contribution in [-0.4, -0.2) is 0 Å². The molecule has 0 atom stereocenters. The minimum Gasteiger partial charge on any atom is -0.464 e. The van der Waals surface area contributed by atoms with Gasteiger partial charge in [-0.1, -0.05) is 50.8 Å². The van der Waals surface area contributed by atoms with Crippen molar-refractivity contribution in [3.05, 3.63) is 76.1 Å². The predicted molar refractivity (Wildman–Crippen MR) is 123 cm³/mol. The van der Waals surface area contributed by atoms with Crippen molar-refractivity contribution in [1.82, 2.24) is 0 Å². The van der Waals surface area contributed by atoms with E-state index in [0.29, 0.717) is 17.7 Å². The lowest BCUT2D eigenvalue weighted by Crippen LogP contribution is -1.96. The molecule has 0 aliphatic rings. The van der Waals surface area contributed by atoms with Gasteiger partial charge in [0.25, 0.3) is 0 Å². The van der Waals surface area contributed by atoms with E-state index in [0.717, 1.165) is 45.3 Å². The first-order valence-electron chi connectivity index (χ1n) is 9.68. The Bertz CT molecular complexity index is 1080. The number of hydrogen-bond acceptors (Lipinski definition) is 5. The van der Waals surface area contributed by atoms with Crippen molar-refractivity contribution in [2.45, 2.75) is 33.1 Å². The van der Waals surface area contributed by atoms with E-state index >= 15 is 0 Å². The highest BCUT2D eigenvalue weighted by Crippen LogP contribution is 2.39. The second-order valence-electron chi connectivity index (χ2n) is 6.62. The number of rotatable bonds is 8. The van der Waals surface area contributed by atoms with E-state index in [1.54, 1.807) is 12.3 Å². The number of benzene rings is 1. The molecule has 0 bridgehead atoms. The van der Waals surface area contributed by atoms with Gasteiger partial charge in [-0.15, -0.1) is 11.3 Å². The Kier molecular flexibility index (Phi) is 6.58. The number of para-hydroxylation sites is 1. The van der Waals surface area contributed by atoms with E-state index in [1.807, 2.05) is 18.2 Å². The molecule has 0 saturated heterocycles. The zero-order valence-electron chi connectivity index (χ0n) is 16.8. The summed E-state index contributed by atoms with van der Waals surface area (Å²) in [7, 11) is 0. The number of thiophene rings is 1. The summed E-state index contributed by atoms with van der Waals surface area (Å²) in [6.45, 7) is 8.03. The molecule has 5 heteroatoms. The summed E-state index contributed by atoms with van der Waals surface area (Å²) in [6, 6.07) is 10.4. The summed E-state index contributed by atoms with van der Waals surface area (Å²) in [6.07, 6.45) is 10.1. The molecule has 0 aliphatic carbocycles. The number of nitrogens with one attached hydrogen (secondary N) is 1. The van der Waals surface area contributed by atoms with Crippen molar-refractivity contribution in [3.8, 4) is 6.07 Å². The van der Waals surface area contributed by atoms with Crippen LogP contribution in [0.25, 0.3) is 12.2 Å². The minimum atomic E-state index is 0.494. The number of furan rings is 1. The summed E-state index contributed by atoms with van der Waals surface area (Å²) < 4.78 is 5.66. The van der Waals surface area contributed by atoms with Crippen LogP contribution >= 0.6 is 11.3 Å². The molecule has 29 heavy (non-hydrogen) atoms. The molecule has 0 saturated carbocycles. The van der Waals surface area contributed by atoms with Crippen molar-refractivity contribution < 1.29 is 4.42 Å². The highest BCUT2D eigenvalue weighted by atomic mass is 32.1. The van der Waals surface area contributed by atoms with Crippen LogP contribution < -0.4 is 11.1 Å². The van der Waals surface area contributed by atoms with E-state index in [2.05, 4.69) is 50.0 Å². The van der Waals surface area contributed by atoms with Gasteiger partial charge in [0.2, 0.25) is 0 Å². The maximum atomic E-state index is 9.69. The second-order valence-corrected chi connectivity index (χ2v) is 7.73. The molecule has 1 aromatic carbocycles. The lowest BCUT2D eigenvalue weighted by molar-refractivity contribution is 0.554. The van der Waals surface area contributed by atoms with Crippen molar-refractivity contribution in [2.75, 3.05) is 11.1 Å². The first-order chi connectivity index (χ1) is 14.1. The number of hydrogen-bond donors (Lipinski definition) is 2. The highest BCUT2D eigenvalue weighted by molar-refractivity contribution is 7.17. The Morgan fingerprint density at radius 2 is 2.07 bits per heavy atom. The highest BCUT2D eigenvalue weighted by Gasteiger charge is 2.19. The third-order valence-electron chi connectivity index (χ3n) is 4.78. The van der Waals surface area contributed by atoms with E-state index in [1.165, 1.54) is 16.9 Å². The van der Waals surface area contributed by atoms with Gasteiger partial charge >= 0.3 is 0 Å². The molecule has 4 nitrogen and oxygen atoms in total. The summed E-state index contributed by atoms with van der Waals surface area (Å²) >= 11 is 1.52. The molecular weight excluding hydrogens is 378 g/mol. The molecular formula is C24H25N3OS. The molecule has 3 aromatic rings. The molecule has 0 fully saturated rings. The van der Waals surface area contributed by atoms with E-state index in [9.17, 15) is 5.26 Å². The molecule has 0 amide bonds. The van der Waals surface area contributed by atoms with Crippen LogP contribution in [0.2, 0.25) is 0 Å². The number of aryl methyl sites for hydroxylation is 1. The smallest absolute Gasteiger partial charge is 0.133 e. The van der Waals surface area contributed by atoms with Gasteiger partial charge in [-0.25, -0.2) is 0 Å². The Balaban J connectivity index is 1.97. The molecule has 0 unspecified atom stereocenters. The van der Waals surface area contributed by atoms with Crippen molar-refractivity contribution in [2.24, 2.45) is 0 Å². The molecule has 3 N–H and O–H groups in total. The Morgan fingerprint density at radius 1 is 1.28 bits per heavy atom. The summed E-state index contributed by atoms with van der Waals surface area (Å²) in [4.78, 5) is 0.945. The zero-order valence-corrected chi connectivity index (χ0v) is 17.6. The van der Waals surface area contributed by atoms with Gasteiger partial charge in [0.15, 0.2) is 0 Å².